The molecule has 1 amide bonds. The lowest BCUT2D eigenvalue weighted by atomic mass is 10.1. The number of carbonyl (C=O) groups excluding carboxylic acids is 2. The molecule has 0 radical (unpaired) electrons. The summed E-state index contributed by atoms with van der Waals surface area (Å²) in [5, 5.41) is 5.01. The molecule has 1 aliphatic heterocycles. The van der Waals surface area contributed by atoms with Gasteiger partial charge in [0.2, 0.25) is 5.91 Å². The molecule has 1 aromatic carbocycles. The number of anilines is 1. The number of esters is 1. The number of nitrogens with zero attached hydrogens (tertiary/aromatic N) is 1. The van der Waals surface area contributed by atoms with Crippen molar-refractivity contribution >= 4 is 28.2 Å². The fourth-order valence-corrected chi connectivity index (χ4v) is 3.66. The molecular weight excluding hydrogens is 371 g/mol. The monoisotopic (exact) mass is 392 g/mol. The van der Waals surface area contributed by atoms with E-state index in [-0.39, 0.29) is 31.0 Å². The number of carbonyl (C=O) groups is 2. The molecule has 8 heteroatoms. The average Bonchev–Trinajstić information content (AvgIpc) is 3.11. The van der Waals surface area contributed by atoms with Gasteiger partial charge in [-0.3, -0.25) is 9.69 Å². The Bertz CT molecular complexity index is 793. The number of halogens is 1. The summed E-state index contributed by atoms with van der Waals surface area (Å²) in [5.74, 6) is -0.946. The lowest BCUT2D eigenvalue weighted by molar-refractivity contribution is -0.119. The van der Waals surface area contributed by atoms with Crippen LogP contribution in [0, 0.1) is 5.82 Å². The molecule has 27 heavy (non-hydrogen) atoms. The number of benzene rings is 1. The Morgan fingerprint density at radius 3 is 2.85 bits per heavy atom. The Balaban J connectivity index is 1.57. The molecule has 1 saturated heterocycles. The molecule has 1 fully saturated rings. The highest BCUT2D eigenvalue weighted by molar-refractivity contribution is 7.14. The second-order valence-corrected chi connectivity index (χ2v) is 6.99. The van der Waals surface area contributed by atoms with E-state index in [2.05, 4.69) is 5.32 Å². The van der Waals surface area contributed by atoms with Crippen LogP contribution in [0.5, 0.6) is 0 Å². The van der Waals surface area contributed by atoms with Crippen LogP contribution in [0.25, 0.3) is 0 Å². The van der Waals surface area contributed by atoms with Crippen molar-refractivity contribution in [2.45, 2.75) is 13.0 Å². The zero-order valence-electron chi connectivity index (χ0n) is 14.9. The number of ether oxygens (including phenoxy) is 2. The summed E-state index contributed by atoms with van der Waals surface area (Å²) in [6, 6.07) is 7.83. The van der Waals surface area contributed by atoms with Gasteiger partial charge in [0.25, 0.3) is 0 Å². The predicted octanol–water partition coefficient (Wildman–Crippen LogP) is 3.08. The van der Waals surface area contributed by atoms with Crippen molar-refractivity contribution < 1.29 is 23.5 Å². The Kier molecular flexibility index (Phi) is 6.54. The van der Waals surface area contributed by atoms with Crippen LogP contribution in [0.3, 0.4) is 0 Å². The smallest absolute Gasteiger partial charge is 0.341 e. The first-order chi connectivity index (χ1) is 13.1. The van der Waals surface area contributed by atoms with Crippen molar-refractivity contribution in [1.29, 1.82) is 0 Å². The minimum Gasteiger partial charge on any atom is -0.462 e. The molecule has 0 saturated carbocycles. The second-order valence-electron chi connectivity index (χ2n) is 6.08. The van der Waals surface area contributed by atoms with Gasteiger partial charge in [-0.1, -0.05) is 12.1 Å². The topological polar surface area (TPSA) is 67.9 Å². The molecule has 1 aliphatic rings. The molecular formula is C19H21FN2O4S. The van der Waals surface area contributed by atoms with E-state index in [1.165, 1.54) is 23.5 Å². The van der Waals surface area contributed by atoms with Gasteiger partial charge in [0.05, 0.1) is 31.4 Å². The summed E-state index contributed by atoms with van der Waals surface area (Å²) in [6.45, 7) is 3.84. The van der Waals surface area contributed by atoms with Crippen LogP contribution < -0.4 is 5.32 Å². The summed E-state index contributed by atoms with van der Waals surface area (Å²) in [5.41, 5.74) is 1.24. The lowest BCUT2D eigenvalue weighted by Crippen LogP contribution is -2.42. The van der Waals surface area contributed by atoms with Crippen molar-refractivity contribution in [1.82, 2.24) is 4.90 Å². The maximum absolute atomic E-state index is 13.1. The number of rotatable bonds is 6. The maximum atomic E-state index is 13.1. The molecule has 1 atom stereocenters. The van der Waals surface area contributed by atoms with Crippen LogP contribution in [0.15, 0.2) is 35.7 Å². The summed E-state index contributed by atoms with van der Waals surface area (Å²) in [6.07, 6.45) is -0.205. The first-order valence-corrected chi connectivity index (χ1v) is 9.58. The molecule has 3 rings (SSSR count). The molecule has 1 unspecified atom stereocenters. The van der Waals surface area contributed by atoms with E-state index in [1.807, 2.05) is 4.90 Å². The SMILES string of the molecule is CCOC(=O)c1ccsc1NC(=O)CN1CCOC(c2ccc(F)cc2)C1. The highest BCUT2D eigenvalue weighted by Crippen LogP contribution is 2.25. The first kappa shape index (κ1) is 19.5. The molecule has 0 aliphatic carbocycles. The Hall–Kier alpha value is -2.29. The van der Waals surface area contributed by atoms with Crippen LogP contribution in [0.2, 0.25) is 0 Å². The lowest BCUT2D eigenvalue weighted by Gasteiger charge is -2.32. The Labute approximate surface area is 160 Å². The highest BCUT2D eigenvalue weighted by Gasteiger charge is 2.24. The van der Waals surface area contributed by atoms with Gasteiger partial charge in [0.1, 0.15) is 10.8 Å². The van der Waals surface area contributed by atoms with Gasteiger partial charge < -0.3 is 14.8 Å². The molecule has 6 nitrogen and oxygen atoms in total. The van der Waals surface area contributed by atoms with Crippen LogP contribution in [0.4, 0.5) is 9.39 Å². The van der Waals surface area contributed by atoms with Gasteiger partial charge in [-0.25, -0.2) is 9.18 Å². The summed E-state index contributed by atoms with van der Waals surface area (Å²) in [7, 11) is 0. The van der Waals surface area contributed by atoms with E-state index < -0.39 is 5.97 Å². The minimum absolute atomic E-state index is 0.182. The van der Waals surface area contributed by atoms with Crippen molar-refractivity contribution in [2.24, 2.45) is 0 Å². The number of nitrogens with one attached hydrogen (secondary N) is 1. The largest absolute Gasteiger partial charge is 0.462 e. The van der Waals surface area contributed by atoms with E-state index >= 15 is 0 Å². The molecule has 1 N–H and O–H groups in total. The van der Waals surface area contributed by atoms with Gasteiger partial charge in [-0.2, -0.15) is 0 Å². The highest BCUT2D eigenvalue weighted by atomic mass is 32.1. The van der Waals surface area contributed by atoms with Crippen LogP contribution >= 0.6 is 11.3 Å². The fraction of sp³-hybridized carbons (Fsp3) is 0.368. The molecule has 1 aromatic heterocycles. The van der Waals surface area contributed by atoms with Gasteiger partial charge >= 0.3 is 5.97 Å². The van der Waals surface area contributed by atoms with E-state index in [4.69, 9.17) is 9.47 Å². The molecule has 2 heterocycles. The maximum Gasteiger partial charge on any atom is 0.341 e. The number of hydrogen-bond donors (Lipinski definition) is 1. The molecule has 0 bridgehead atoms. The zero-order valence-corrected chi connectivity index (χ0v) is 15.8. The van der Waals surface area contributed by atoms with E-state index in [9.17, 15) is 14.0 Å². The van der Waals surface area contributed by atoms with Gasteiger partial charge in [0.15, 0.2) is 0 Å². The second kappa shape index (κ2) is 9.07. The van der Waals surface area contributed by atoms with Crippen molar-refractivity contribution in [3.05, 3.63) is 52.7 Å². The summed E-state index contributed by atoms with van der Waals surface area (Å²) in [4.78, 5) is 26.3. The molecule has 144 valence electrons. The zero-order chi connectivity index (χ0) is 19.2. The number of hydrogen-bond acceptors (Lipinski definition) is 6. The van der Waals surface area contributed by atoms with Crippen LogP contribution in [-0.2, 0) is 14.3 Å². The molecule has 2 aromatic rings. The van der Waals surface area contributed by atoms with Crippen molar-refractivity contribution in [3.63, 3.8) is 0 Å². The van der Waals surface area contributed by atoms with Crippen LogP contribution in [-0.4, -0.2) is 49.6 Å². The van der Waals surface area contributed by atoms with Gasteiger partial charge in [-0.15, -0.1) is 11.3 Å². The average molecular weight is 392 g/mol. The van der Waals surface area contributed by atoms with E-state index in [0.717, 1.165) is 5.56 Å². The quantitative estimate of drug-likeness (QED) is 0.766. The van der Waals surface area contributed by atoms with Gasteiger partial charge in [0, 0.05) is 13.1 Å². The fourth-order valence-electron chi connectivity index (χ4n) is 2.87. The van der Waals surface area contributed by atoms with Crippen LogP contribution in [0.1, 0.15) is 28.9 Å². The van der Waals surface area contributed by atoms with E-state index in [0.29, 0.717) is 30.3 Å². The van der Waals surface area contributed by atoms with E-state index in [1.54, 1.807) is 30.5 Å². The minimum atomic E-state index is -0.447. The summed E-state index contributed by atoms with van der Waals surface area (Å²) >= 11 is 1.28. The van der Waals surface area contributed by atoms with Gasteiger partial charge in [-0.05, 0) is 36.1 Å². The third-order valence-electron chi connectivity index (χ3n) is 4.17. The third-order valence-corrected chi connectivity index (χ3v) is 5.00. The predicted molar refractivity (Wildman–Crippen MR) is 100 cm³/mol. The number of morpholine rings is 1. The molecule has 0 spiro atoms. The number of amides is 1. The normalized spacial score (nSPS) is 17.5. The Morgan fingerprint density at radius 2 is 2.11 bits per heavy atom. The Morgan fingerprint density at radius 1 is 1.33 bits per heavy atom. The standard InChI is InChI=1S/C19H21FN2O4S/c1-2-25-19(24)15-7-10-27-18(15)21-17(23)12-22-8-9-26-16(11-22)13-3-5-14(20)6-4-13/h3-7,10,16H,2,8-9,11-12H2,1H3,(H,21,23). The first-order valence-electron chi connectivity index (χ1n) is 8.70. The summed E-state index contributed by atoms with van der Waals surface area (Å²) < 4.78 is 23.8. The number of thiophene rings is 1. The third kappa shape index (κ3) is 5.12. The van der Waals surface area contributed by atoms with Crippen molar-refractivity contribution in [2.75, 3.05) is 38.2 Å². The van der Waals surface area contributed by atoms with Crippen molar-refractivity contribution in [3.8, 4) is 0 Å².